The second kappa shape index (κ2) is 6.47. The van der Waals surface area contributed by atoms with Crippen LogP contribution in [0, 0.1) is 0 Å². The third kappa shape index (κ3) is 3.75. The van der Waals surface area contributed by atoms with E-state index in [2.05, 4.69) is 30.8 Å². The predicted molar refractivity (Wildman–Crippen MR) is 77.4 cm³/mol. The molecule has 2 N–H and O–H groups in total. The summed E-state index contributed by atoms with van der Waals surface area (Å²) in [5.74, 6) is 1.89. The summed E-state index contributed by atoms with van der Waals surface area (Å²) < 4.78 is 5.23. The van der Waals surface area contributed by atoms with Gasteiger partial charge in [-0.2, -0.15) is 10.1 Å². The fourth-order valence-corrected chi connectivity index (χ4v) is 1.73. The molecule has 21 heavy (non-hydrogen) atoms. The maximum absolute atomic E-state index is 5.23. The molecule has 0 radical (unpaired) electrons. The molecule has 7 nitrogen and oxygen atoms in total. The minimum atomic E-state index is 0.442. The fourth-order valence-electron chi connectivity index (χ4n) is 1.73. The Morgan fingerprint density at radius 1 is 1.05 bits per heavy atom. The lowest BCUT2D eigenvalue weighted by Gasteiger charge is -2.06. The van der Waals surface area contributed by atoms with E-state index in [-0.39, 0.29) is 0 Å². The number of pyridine rings is 1. The molecule has 0 spiro atoms. The Bertz CT molecular complexity index is 671. The molecule has 0 unspecified atom stereocenters. The van der Waals surface area contributed by atoms with Crippen LogP contribution < -0.4 is 10.6 Å². The minimum absolute atomic E-state index is 0.442. The van der Waals surface area contributed by atoms with Crippen LogP contribution in [0.2, 0.25) is 0 Å². The summed E-state index contributed by atoms with van der Waals surface area (Å²) in [4.78, 5) is 8.55. The zero-order valence-corrected chi connectivity index (χ0v) is 11.2. The number of aromatic nitrogens is 4. The number of anilines is 2. The molecule has 0 bridgehead atoms. The summed E-state index contributed by atoms with van der Waals surface area (Å²) in [6.07, 6.45) is 4.95. The SMILES string of the molecule is c1ccc(CNc2cnnc(NCc3ccco3)n2)nc1. The Labute approximate surface area is 121 Å². The largest absolute Gasteiger partial charge is 0.467 e. The molecule has 3 rings (SSSR count). The Hall–Kier alpha value is -2.96. The molecule has 106 valence electrons. The normalized spacial score (nSPS) is 10.3. The first kappa shape index (κ1) is 13.0. The average molecular weight is 282 g/mol. The van der Waals surface area contributed by atoms with E-state index in [1.807, 2.05) is 30.3 Å². The van der Waals surface area contributed by atoms with Crippen LogP contribution in [0.5, 0.6) is 0 Å². The number of hydrogen-bond acceptors (Lipinski definition) is 7. The topological polar surface area (TPSA) is 88.8 Å². The first-order valence-corrected chi connectivity index (χ1v) is 6.50. The van der Waals surface area contributed by atoms with Crippen molar-refractivity contribution in [1.82, 2.24) is 20.2 Å². The second-order valence-corrected chi connectivity index (χ2v) is 4.27. The average Bonchev–Trinajstić information content (AvgIpc) is 3.06. The van der Waals surface area contributed by atoms with Crippen molar-refractivity contribution in [3.05, 3.63) is 60.4 Å². The highest BCUT2D eigenvalue weighted by molar-refractivity contribution is 5.37. The molecule has 0 aliphatic heterocycles. The summed E-state index contributed by atoms with van der Waals surface area (Å²) in [7, 11) is 0. The molecule has 0 saturated heterocycles. The first-order chi connectivity index (χ1) is 10.4. The Balaban J connectivity index is 1.58. The van der Waals surface area contributed by atoms with E-state index in [4.69, 9.17) is 4.42 Å². The Morgan fingerprint density at radius 2 is 2.05 bits per heavy atom. The van der Waals surface area contributed by atoms with Crippen molar-refractivity contribution in [3.8, 4) is 0 Å². The van der Waals surface area contributed by atoms with Gasteiger partial charge in [-0.3, -0.25) is 4.98 Å². The molecule has 0 saturated carbocycles. The Morgan fingerprint density at radius 3 is 2.86 bits per heavy atom. The molecule has 3 aromatic heterocycles. The van der Waals surface area contributed by atoms with E-state index in [0.29, 0.717) is 24.9 Å². The van der Waals surface area contributed by atoms with Gasteiger partial charge in [-0.1, -0.05) is 6.07 Å². The van der Waals surface area contributed by atoms with Gasteiger partial charge in [0.05, 0.1) is 31.2 Å². The molecular weight excluding hydrogens is 268 g/mol. The van der Waals surface area contributed by atoms with Gasteiger partial charge >= 0.3 is 0 Å². The van der Waals surface area contributed by atoms with Crippen LogP contribution in [0.1, 0.15) is 11.5 Å². The lowest BCUT2D eigenvalue weighted by Crippen LogP contribution is -2.08. The number of nitrogens with zero attached hydrogens (tertiary/aromatic N) is 4. The highest BCUT2D eigenvalue weighted by atomic mass is 16.3. The zero-order chi connectivity index (χ0) is 14.3. The molecule has 0 aliphatic rings. The van der Waals surface area contributed by atoms with Crippen LogP contribution >= 0.6 is 0 Å². The summed E-state index contributed by atoms with van der Waals surface area (Å²) >= 11 is 0. The van der Waals surface area contributed by atoms with Crippen LogP contribution in [-0.4, -0.2) is 20.2 Å². The number of hydrogen-bond donors (Lipinski definition) is 2. The fraction of sp³-hybridized carbons (Fsp3) is 0.143. The van der Waals surface area contributed by atoms with E-state index in [1.165, 1.54) is 0 Å². The van der Waals surface area contributed by atoms with Crippen molar-refractivity contribution in [2.45, 2.75) is 13.1 Å². The van der Waals surface area contributed by atoms with E-state index in [0.717, 1.165) is 11.5 Å². The van der Waals surface area contributed by atoms with Crippen LogP contribution in [-0.2, 0) is 13.1 Å². The quantitative estimate of drug-likeness (QED) is 0.715. The third-order valence-electron chi connectivity index (χ3n) is 2.74. The van der Waals surface area contributed by atoms with Crippen molar-refractivity contribution in [2.75, 3.05) is 10.6 Å². The molecule has 0 amide bonds. The zero-order valence-electron chi connectivity index (χ0n) is 11.2. The van der Waals surface area contributed by atoms with E-state index >= 15 is 0 Å². The summed E-state index contributed by atoms with van der Waals surface area (Å²) in [6, 6.07) is 9.48. The van der Waals surface area contributed by atoms with Gasteiger partial charge in [-0.25, -0.2) is 0 Å². The molecule has 3 aromatic rings. The molecule has 3 heterocycles. The van der Waals surface area contributed by atoms with Gasteiger partial charge in [0.15, 0.2) is 5.82 Å². The van der Waals surface area contributed by atoms with Gasteiger partial charge in [0, 0.05) is 6.20 Å². The van der Waals surface area contributed by atoms with Crippen molar-refractivity contribution in [1.29, 1.82) is 0 Å². The summed E-state index contributed by atoms with van der Waals surface area (Å²) in [5, 5.41) is 14.0. The van der Waals surface area contributed by atoms with E-state index < -0.39 is 0 Å². The van der Waals surface area contributed by atoms with Crippen LogP contribution in [0.3, 0.4) is 0 Å². The maximum Gasteiger partial charge on any atom is 0.245 e. The standard InChI is InChI=1S/C14H14N6O/c1-2-6-15-11(4-1)8-16-13-10-18-20-14(19-13)17-9-12-5-3-7-21-12/h1-7,10H,8-9H2,(H2,16,17,19,20). The molecule has 7 heteroatoms. The van der Waals surface area contributed by atoms with Gasteiger partial charge in [-0.15, -0.1) is 5.10 Å². The molecule has 0 atom stereocenters. The van der Waals surface area contributed by atoms with Gasteiger partial charge in [0.2, 0.25) is 5.95 Å². The highest BCUT2D eigenvalue weighted by Crippen LogP contribution is 2.07. The van der Waals surface area contributed by atoms with Crippen LogP contribution in [0.15, 0.2) is 53.4 Å². The van der Waals surface area contributed by atoms with Crippen LogP contribution in [0.25, 0.3) is 0 Å². The van der Waals surface area contributed by atoms with Gasteiger partial charge in [0.1, 0.15) is 5.76 Å². The lowest BCUT2D eigenvalue weighted by molar-refractivity contribution is 0.517. The smallest absolute Gasteiger partial charge is 0.245 e. The predicted octanol–water partition coefficient (Wildman–Crippen LogP) is 2.08. The van der Waals surface area contributed by atoms with E-state index in [1.54, 1.807) is 18.7 Å². The van der Waals surface area contributed by atoms with E-state index in [9.17, 15) is 0 Å². The molecule has 0 fully saturated rings. The second-order valence-electron chi connectivity index (χ2n) is 4.27. The monoisotopic (exact) mass is 282 g/mol. The molecule has 0 aliphatic carbocycles. The molecule has 0 aromatic carbocycles. The summed E-state index contributed by atoms with van der Waals surface area (Å²) in [5.41, 5.74) is 0.932. The number of furan rings is 1. The summed E-state index contributed by atoms with van der Waals surface area (Å²) in [6.45, 7) is 1.09. The van der Waals surface area contributed by atoms with Crippen molar-refractivity contribution >= 4 is 11.8 Å². The van der Waals surface area contributed by atoms with Gasteiger partial charge in [0.25, 0.3) is 0 Å². The van der Waals surface area contributed by atoms with Crippen molar-refractivity contribution < 1.29 is 4.42 Å². The number of nitrogens with one attached hydrogen (secondary N) is 2. The van der Waals surface area contributed by atoms with Gasteiger partial charge in [-0.05, 0) is 24.3 Å². The number of rotatable bonds is 6. The van der Waals surface area contributed by atoms with Gasteiger partial charge < -0.3 is 15.1 Å². The maximum atomic E-state index is 5.23. The highest BCUT2D eigenvalue weighted by Gasteiger charge is 2.02. The van der Waals surface area contributed by atoms with Crippen molar-refractivity contribution in [3.63, 3.8) is 0 Å². The van der Waals surface area contributed by atoms with Crippen LogP contribution in [0.4, 0.5) is 11.8 Å². The lowest BCUT2D eigenvalue weighted by atomic mass is 10.3. The van der Waals surface area contributed by atoms with Crippen molar-refractivity contribution in [2.24, 2.45) is 0 Å². The third-order valence-corrected chi connectivity index (χ3v) is 2.74. The Kier molecular flexibility index (Phi) is 4.02. The first-order valence-electron chi connectivity index (χ1n) is 6.50. The minimum Gasteiger partial charge on any atom is -0.467 e. The molecular formula is C14H14N6O.